The zero-order valence-electron chi connectivity index (χ0n) is 16.6. The van der Waals surface area contributed by atoms with Crippen molar-refractivity contribution >= 4 is 34.0 Å². The number of para-hydroxylation sites is 4. The maximum Gasteiger partial charge on any atom is 0.262 e. The molecule has 0 amide bonds. The summed E-state index contributed by atoms with van der Waals surface area (Å²) < 4.78 is 9.42. The molecular formula is C23H18ClN5O2. The molecule has 0 bridgehead atoms. The van der Waals surface area contributed by atoms with E-state index in [4.69, 9.17) is 16.3 Å². The van der Waals surface area contributed by atoms with Gasteiger partial charge in [-0.2, -0.15) is 0 Å². The molecule has 7 nitrogen and oxygen atoms in total. The van der Waals surface area contributed by atoms with Crippen molar-refractivity contribution in [3.8, 4) is 11.5 Å². The summed E-state index contributed by atoms with van der Waals surface area (Å²) in [5, 5.41) is 13.1. The monoisotopic (exact) mass is 431 g/mol. The Labute approximate surface area is 182 Å². The molecule has 0 radical (unpaired) electrons. The molecule has 0 saturated carbocycles. The van der Waals surface area contributed by atoms with Crippen LogP contribution in [0.5, 0.6) is 11.5 Å². The van der Waals surface area contributed by atoms with Crippen molar-refractivity contribution in [2.45, 2.75) is 6.54 Å². The van der Waals surface area contributed by atoms with Gasteiger partial charge in [-0.05, 0) is 36.4 Å². The highest BCUT2D eigenvalue weighted by atomic mass is 35.5. The number of aryl methyl sites for hydroxylation is 1. The Balaban J connectivity index is 1.50. The molecule has 5 aromatic rings. The maximum absolute atomic E-state index is 12.6. The second-order valence-electron chi connectivity index (χ2n) is 7.02. The van der Waals surface area contributed by atoms with E-state index in [1.165, 1.54) is 4.57 Å². The number of hydrogen-bond acceptors (Lipinski definition) is 5. The van der Waals surface area contributed by atoms with Gasteiger partial charge in [-0.3, -0.25) is 13.8 Å². The Hall–Kier alpha value is -3.84. The van der Waals surface area contributed by atoms with Gasteiger partial charge in [0.2, 0.25) is 5.78 Å². The largest absolute Gasteiger partial charge is 0.454 e. The Morgan fingerprint density at radius 3 is 2.48 bits per heavy atom. The minimum atomic E-state index is -0.103. The summed E-state index contributed by atoms with van der Waals surface area (Å²) in [6.07, 6.45) is 0. The third kappa shape index (κ3) is 3.39. The van der Waals surface area contributed by atoms with Crippen LogP contribution in [0.1, 0.15) is 5.82 Å². The molecule has 154 valence electrons. The maximum atomic E-state index is 12.6. The van der Waals surface area contributed by atoms with Crippen LogP contribution in [-0.4, -0.2) is 19.2 Å². The lowest BCUT2D eigenvalue weighted by Gasteiger charge is -2.13. The number of nitrogens with zero attached hydrogens (tertiary/aromatic N) is 4. The SMILES string of the molecule is Cn1c(=O)c2ccccc2n2c(CNc3ccccc3Oc3ccccc3Cl)nnc12. The lowest BCUT2D eigenvalue weighted by Crippen LogP contribution is -2.20. The molecule has 0 atom stereocenters. The van der Waals surface area contributed by atoms with Gasteiger partial charge in [0, 0.05) is 7.05 Å². The van der Waals surface area contributed by atoms with E-state index >= 15 is 0 Å². The molecule has 0 aliphatic rings. The van der Waals surface area contributed by atoms with Crippen molar-refractivity contribution in [3.05, 3.63) is 94.0 Å². The first-order chi connectivity index (χ1) is 15.1. The van der Waals surface area contributed by atoms with Crippen LogP contribution in [-0.2, 0) is 13.6 Å². The molecule has 0 unspecified atom stereocenters. The second-order valence-corrected chi connectivity index (χ2v) is 7.42. The van der Waals surface area contributed by atoms with Crippen LogP contribution in [0, 0.1) is 0 Å². The normalized spacial score (nSPS) is 11.2. The van der Waals surface area contributed by atoms with Crippen LogP contribution in [0.3, 0.4) is 0 Å². The quantitative estimate of drug-likeness (QED) is 0.439. The zero-order chi connectivity index (χ0) is 21.4. The Morgan fingerprint density at radius 1 is 0.935 bits per heavy atom. The molecule has 0 saturated heterocycles. The molecule has 8 heteroatoms. The van der Waals surface area contributed by atoms with Gasteiger partial charge >= 0.3 is 0 Å². The highest BCUT2D eigenvalue weighted by Crippen LogP contribution is 2.33. The Kier molecular flexibility index (Phi) is 4.80. The Morgan fingerprint density at radius 2 is 1.65 bits per heavy atom. The summed E-state index contributed by atoms with van der Waals surface area (Å²) in [5.74, 6) is 2.38. The fourth-order valence-electron chi connectivity index (χ4n) is 3.53. The lowest BCUT2D eigenvalue weighted by molar-refractivity contribution is 0.484. The van der Waals surface area contributed by atoms with Crippen molar-refractivity contribution < 1.29 is 4.74 Å². The number of aromatic nitrogens is 4. The minimum absolute atomic E-state index is 0.103. The summed E-state index contributed by atoms with van der Waals surface area (Å²) in [6.45, 7) is 0.381. The van der Waals surface area contributed by atoms with Crippen molar-refractivity contribution in [1.29, 1.82) is 0 Å². The number of nitrogens with one attached hydrogen (secondary N) is 1. The number of ether oxygens (including phenoxy) is 1. The second kappa shape index (κ2) is 7.77. The van der Waals surface area contributed by atoms with Crippen LogP contribution >= 0.6 is 11.6 Å². The summed E-state index contributed by atoms with van der Waals surface area (Å²) in [6, 6.07) is 22.4. The summed E-state index contributed by atoms with van der Waals surface area (Å²) in [5.41, 5.74) is 1.45. The van der Waals surface area contributed by atoms with Crippen LogP contribution in [0.2, 0.25) is 5.02 Å². The van der Waals surface area contributed by atoms with Crippen molar-refractivity contribution in [2.75, 3.05) is 5.32 Å². The molecule has 0 spiro atoms. The summed E-state index contributed by atoms with van der Waals surface area (Å²) in [7, 11) is 1.70. The Bertz CT molecular complexity index is 1470. The van der Waals surface area contributed by atoms with Gasteiger partial charge in [0.25, 0.3) is 5.56 Å². The van der Waals surface area contributed by atoms with E-state index in [0.29, 0.717) is 40.1 Å². The highest BCUT2D eigenvalue weighted by Gasteiger charge is 2.15. The van der Waals surface area contributed by atoms with Crippen molar-refractivity contribution in [3.63, 3.8) is 0 Å². The standard InChI is InChI=1S/C23H18ClN5O2/c1-28-22(30)15-8-2-5-11-18(15)29-21(26-27-23(28)29)14-25-17-10-4-7-13-20(17)31-19-12-6-3-9-16(19)24/h2-13,25H,14H2,1H3. The zero-order valence-corrected chi connectivity index (χ0v) is 17.4. The number of hydrogen-bond donors (Lipinski definition) is 1. The van der Waals surface area contributed by atoms with E-state index < -0.39 is 0 Å². The molecule has 31 heavy (non-hydrogen) atoms. The molecule has 2 heterocycles. The molecule has 2 aromatic heterocycles. The predicted molar refractivity (Wildman–Crippen MR) is 121 cm³/mol. The number of rotatable bonds is 5. The number of halogens is 1. The van der Waals surface area contributed by atoms with Gasteiger partial charge in [-0.15, -0.1) is 10.2 Å². The van der Waals surface area contributed by atoms with E-state index in [2.05, 4.69) is 15.5 Å². The van der Waals surface area contributed by atoms with E-state index in [0.717, 1.165) is 11.2 Å². The van der Waals surface area contributed by atoms with Gasteiger partial charge in [0.1, 0.15) is 5.75 Å². The number of benzene rings is 3. The molecule has 0 aliphatic heterocycles. The van der Waals surface area contributed by atoms with Crippen LogP contribution in [0.15, 0.2) is 77.6 Å². The smallest absolute Gasteiger partial charge is 0.262 e. The van der Waals surface area contributed by atoms with E-state index in [9.17, 15) is 4.79 Å². The third-order valence-electron chi connectivity index (χ3n) is 5.07. The first-order valence-electron chi connectivity index (χ1n) is 9.70. The molecule has 3 aromatic carbocycles. The minimum Gasteiger partial charge on any atom is -0.454 e. The molecule has 0 aliphatic carbocycles. The fraction of sp³-hybridized carbons (Fsp3) is 0.0870. The van der Waals surface area contributed by atoms with Gasteiger partial charge in [-0.25, -0.2) is 0 Å². The average molecular weight is 432 g/mol. The van der Waals surface area contributed by atoms with E-state index in [1.807, 2.05) is 65.1 Å². The molecule has 0 fully saturated rings. The first kappa shape index (κ1) is 19.1. The van der Waals surface area contributed by atoms with Gasteiger partial charge in [0.15, 0.2) is 11.6 Å². The highest BCUT2D eigenvalue weighted by molar-refractivity contribution is 6.32. The predicted octanol–water partition coefficient (Wildman–Crippen LogP) is 4.64. The van der Waals surface area contributed by atoms with Gasteiger partial charge in [-0.1, -0.05) is 48.0 Å². The lowest BCUT2D eigenvalue weighted by atomic mass is 10.2. The van der Waals surface area contributed by atoms with E-state index in [1.54, 1.807) is 19.2 Å². The molecular weight excluding hydrogens is 414 g/mol. The van der Waals surface area contributed by atoms with Crippen LogP contribution in [0.25, 0.3) is 16.7 Å². The molecule has 1 N–H and O–H groups in total. The van der Waals surface area contributed by atoms with Gasteiger partial charge in [0.05, 0.1) is 28.2 Å². The van der Waals surface area contributed by atoms with Crippen LogP contribution < -0.4 is 15.6 Å². The van der Waals surface area contributed by atoms with Crippen molar-refractivity contribution in [1.82, 2.24) is 19.2 Å². The topological polar surface area (TPSA) is 73.5 Å². The van der Waals surface area contributed by atoms with Crippen LogP contribution in [0.4, 0.5) is 5.69 Å². The number of fused-ring (bicyclic) bond motifs is 3. The van der Waals surface area contributed by atoms with Gasteiger partial charge < -0.3 is 10.1 Å². The third-order valence-corrected chi connectivity index (χ3v) is 5.39. The first-order valence-corrected chi connectivity index (χ1v) is 10.1. The van der Waals surface area contributed by atoms with Crippen molar-refractivity contribution in [2.24, 2.45) is 7.05 Å². The average Bonchev–Trinajstić information content (AvgIpc) is 3.23. The summed E-state index contributed by atoms with van der Waals surface area (Å²) in [4.78, 5) is 12.6. The number of anilines is 1. The molecule has 5 rings (SSSR count). The van der Waals surface area contributed by atoms with E-state index in [-0.39, 0.29) is 5.56 Å². The summed E-state index contributed by atoms with van der Waals surface area (Å²) >= 11 is 6.24. The fourth-order valence-corrected chi connectivity index (χ4v) is 3.70.